The number of fused-ring (bicyclic) bond motifs is 1. The van der Waals surface area contributed by atoms with Crippen molar-refractivity contribution in [2.24, 2.45) is 0 Å². The summed E-state index contributed by atoms with van der Waals surface area (Å²) >= 11 is 0. The van der Waals surface area contributed by atoms with Crippen LogP contribution in [-0.4, -0.2) is 15.9 Å². The zero-order valence-electron chi connectivity index (χ0n) is 12.1. The molecule has 0 aliphatic heterocycles. The molecule has 3 rings (SSSR count). The quantitative estimate of drug-likeness (QED) is 0.763. The lowest BCUT2D eigenvalue weighted by Crippen LogP contribution is -2.10. The minimum absolute atomic E-state index is 0.0262. The van der Waals surface area contributed by atoms with Crippen molar-refractivity contribution in [1.82, 2.24) is 9.97 Å². The van der Waals surface area contributed by atoms with Gasteiger partial charge in [-0.25, -0.2) is 4.98 Å². The van der Waals surface area contributed by atoms with Crippen LogP contribution < -0.4 is 5.32 Å². The maximum Gasteiger partial charge on any atom is 0.224 e. The van der Waals surface area contributed by atoms with Crippen molar-refractivity contribution in [3.05, 3.63) is 36.1 Å². The number of aromatic nitrogens is 2. The number of benzene rings is 1. The van der Waals surface area contributed by atoms with Crippen LogP contribution in [0.3, 0.4) is 0 Å². The number of nitrogens with zero attached hydrogens (tertiary/aromatic N) is 1. The Bertz CT molecular complexity index is 786. The Labute approximate surface area is 122 Å². The maximum atomic E-state index is 11.6. The van der Waals surface area contributed by atoms with Crippen LogP contribution in [0.25, 0.3) is 22.6 Å². The van der Waals surface area contributed by atoms with Crippen LogP contribution in [0.1, 0.15) is 25.5 Å². The van der Waals surface area contributed by atoms with E-state index in [9.17, 15) is 4.79 Å². The van der Waals surface area contributed by atoms with Gasteiger partial charge in [0, 0.05) is 12.1 Å². The fourth-order valence-electron chi connectivity index (χ4n) is 2.22. The molecule has 2 heterocycles. The van der Waals surface area contributed by atoms with Crippen LogP contribution in [0.2, 0.25) is 0 Å². The number of hydrogen-bond acceptors (Lipinski definition) is 3. The molecule has 2 aromatic heterocycles. The fourth-order valence-corrected chi connectivity index (χ4v) is 2.22. The highest BCUT2D eigenvalue weighted by Gasteiger charge is 2.09. The lowest BCUT2D eigenvalue weighted by Gasteiger charge is -2.03. The smallest absolute Gasteiger partial charge is 0.224 e. The van der Waals surface area contributed by atoms with E-state index in [-0.39, 0.29) is 5.91 Å². The number of nitrogens with one attached hydrogen (secondary N) is 2. The number of furan rings is 1. The average Bonchev–Trinajstić information content (AvgIpc) is 3.04. The van der Waals surface area contributed by atoms with Gasteiger partial charge >= 0.3 is 0 Å². The van der Waals surface area contributed by atoms with Gasteiger partial charge < -0.3 is 14.7 Å². The molecule has 108 valence electrons. The molecular weight excluding hydrogens is 266 g/mol. The van der Waals surface area contributed by atoms with Gasteiger partial charge in [-0.3, -0.25) is 4.79 Å². The highest BCUT2D eigenvalue weighted by atomic mass is 16.3. The molecule has 2 N–H and O–H groups in total. The first-order valence-corrected chi connectivity index (χ1v) is 7.02. The first-order chi connectivity index (χ1) is 10.2. The minimum Gasteiger partial charge on any atom is -0.458 e. The third-order valence-electron chi connectivity index (χ3n) is 3.22. The lowest BCUT2D eigenvalue weighted by molar-refractivity contribution is -0.116. The van der Waals surface area contributed by atoms with E-state index in [0.717, 1.165) is 28.9 Å². The Balaban J connectivity index is 1.90. The molecule has 0 unspecified atom stereocenters. The van der Waals surface area contributed by atoms with Crippen LogP contribution in [0, 0.1) is 6.92 Å². The van der Waals surface area contributed by atoms with Gasteiger partial charge in [0.25, 0.3) is 0 Å². The molecular formula is C16H17N3O2. The van der Waals surface area contributed by atoms with Gasteiger partial charge in [0.2, 0.25) is 5.91 Å². The van der Waals surface area contributed by atoms with Gasteiger partial charge in [0.05, 0.1) is 11.0 Å². The van der Waals surface area contributed by atoms with Crippen LogP contribution in [0.5, 0.6) is 0 Å². The van der Waals surface area contributed by atoms with E-state index in [1.807, 2.05) is 44.2 Å². The van der Waals surface area contributed by atoms with E-state index in [4.69, 9.17) is 4.42 Å². The van der Waals surface area contributed by atoms with Crippen molar-refractivity contribution in [2.45, 2.75) is 26.7 Å². The van der Waals surface area contributed by atoms with E-state index in [1.54, 1.807) is 0 Å². The molecule has 0 spiro atoms. The monoisotopic (exact) mass is 283 g/mol. The number of rotatable bonds is 4. The number of H-pyrrole nitrogens is 1. The van der Waals surface area contributed by atoms with Gasteiger partial charge in [0.1, 0.15) is 5.76 Å². The SMILES string of the molecule is CCCC(=O)Nc1ccc2nc(-c3ccc(C)o3)[nH]c2c1. The van der Waals surface area contributed by atoms with Crippen LogP contribution in [0.4, 0.5) is 5.69 Å². The summed E-state index contributed by atoms with van der Waals surface area (Å²) in [7, 11) is 0. The summed E-state index contributed by atoms with van der Waals surface area (Å²) < 4.78 is 5.56. The van der Waals surface area contributed by atoms with Gasteiger partial charge in [-0.15, -0.1) is 0 Å². The molecule has 0 saturated heterocycles. The Kier molecular flexibility index (Phi) is 3.48. The Morgan fingerprint density at radius 2 is 2.19 bits per heavy atom. The van der Waals surface area contributed by atoms with Crippen molar-refractivity contribution >= 4 is 22.6 Å². The number of amides is 1. The maximum absolute atomic E-state index is 11.6. The van der Waals surface area contributed by atoms with Gasteiger partial charge in [-0.05, 0) is 43.7 Å². The summed E-state index contributed by atoms with van der Waals surface area (Å²) in [6, 6.07) is 9.41. The second kappa shape index (κ2) is 5.44. The molecule has 0 fully saturated rings. The molecule has 0 bridgehead atoms. The number of carbonyl (C=O) groups excluding carboxylic acids is 1. The summed E-state index contributed by atoms with van der Waals surface area (Å²) in [5, 5.41) is 2.88. The highest BCUT2D eigenvalue weighted by molar-refractivity contribution is 5.93. The Morgan fingerprint density at radius 1 is 1.33 bits per heavy atom. The number of carbonyl (C=O) groups is 1. The summed E-state index contributed by atoms with van der Waals surface area (Å²) in [5.74, 6) is 2.27. The normalized spacial score (nSPS) is 11.0. The zero-order chi connectivity index (χ0) is 14.8. The third-order valence-corrected chi connectivity index (χ3v) is 3.22. The summed E-state index contributed by atoms with van der Waals surface area (Å²) in [5.41, 5.74) is 2.48. The zero-order valence-corrected chi connectivity index (χ0v) is 12.1. The molecule has 1 amide bonds. The first-order valence-electron chi connectivity index (χ1n) is 7.02. The standard InChI is InChI=1S/C16H17N3O2/c1-3-4-15(20)17-11-6-7-12-13(9-11)19-16(18-12)14-8-5-10(2)21-14/h5-9H,3-4H2,1-2H3,(H,17,20)(H,18,19). The molecule has 0 aliphatic carbocycles. The van der Waals surface area contributed by atoms with E-state index < -0.39 is 0 Å². The summed E-state index contributed by atoms with van der Waals surface area (Å²) in [6.45, 7) is 3.88. The highest BCUT2D eigenvalue weighted by Crippen LogP contribution is 2.24. The van der Waals surface area contributed by atoms with Crippen molar-refractivity contribution in [3.63, 3.8) is 0 Å². The van der Waals surface area contributed by atoms with Crippen LogP contribution in [-0.2, 0) is 4.79 Å². The number of anilines is 1. The van der Waals surface area contributed by atoms with E-state index >= 15 is 0 Å². The number of aromatic amines is 1. The molecule has 0 atom stereocenters. The lowest BCUT2D eigenvalue weighted by atomic mass is 10.2. The fraction of sp³-hybridized carbons (Fsp3) is 0.250. The van der Waals surface area contributed by atoms with Gasteiger partial charge in [0.15, 0.2) is 11.6 Å². The number of hydrogen-bond donors (Lipinski definition) is 2. The van der Waals surface area contributed by atoms with E-state index in [2.05, 4.69) is 15.3 Å². The second-order valence-corrected chi connectivity index (χ2v) is 5.03. The van der Waals surface area contributed by atoms with Crippen molar-refractivity contribution in [2.75, 3.05) is 5.32 Å². The molecule has 3 aromatic rings. The van der Waals surface area contributed by atoms with Gasteiger partial charge in [-0.2, -0.15) is 0 Å². The minimum atomic E-state index is 0.0262. The number of aryl methyl sites for hydroxylation is 1. The summed E-state index contributed by atoms with van der Waals surface area (Å²) in [6.07, 6.45) is 1.36. The Hall–Kier alpha value is -2.56. The topological polar surface area (TPSA) is 70.9 Å². The van der Waals surface area contributed by atoms with E-state index in [1.165, 1.54) is 0 Å². The molecule has 0 saturated carbocycles. The predicted molar refractivity (Wildman–Crippen MR) is 82.1 cm³/mol. The molecule has 1 aromatic carbocycles. The van der Waals surface area contributed by atoms with Gasteiger partial charge in [-0.1, -0.05) is 6.92 Å². The van der Waals surface area contributed by atoms with Crippen molar-refractivity contribution in [3.8, 4) is 11.6 Å². The largest absolute Gasteiger partial charge is 0.458 e. The van der Waals surface area contributed by atoms with Crippen LogP contribution >= 0.6 is 0 Å². The van der Waals surface area contributed by atoms with Crippen molar-refractivity contribution < 1.29 is 9.21 Å². The first kappa shape index (κ1) is 13.4. The van der Waals surface area contributed by atoms with Crippen LogP contribution in [0.15, 0.2) is 34.7 Å². The summed E-state index contributed by atoms with van der Waals surface area (Å²) in [4.78, 5) is 19.3. The molecule has 21 heavy (non-hydrogen) atoms. The molecule has 5 heteroatoms. The second-order valence-electron chi connectivity index (χ2n) is 5.03. The predicted octanol–water partition coefficient (Wildman–Crippen LogP) is 3.87. The average molecular weight is 283 g/mol. The molecule has 0 aliphatic rings. The Morgan fingerprint density at radius 3 is 2.90 bits per heavy atom. The molecule has 0 radical (unpaired) electrons. The van der Waals surface area contributed by atoms with E-state index in [0.29, 0.717) is 18.0 Å². The third kappa shape index (κ3) is 2.81. The molecule has 5 nitrogen and oxygen atoms in total. The number of imidazole rings is 1. The van der Waals surface area contributed by atoms with Crippen molar-refractivity contribution in [1.29, 1.82) is 0 Å².